The Morgan fingerprint density at radius 1 is 1.16 bits per heavy atom. The third kappa shape index (κ3) is 4.68. The van der Waals surface area contributed by atoms with Gasteiger partial charge in [-0.15, -0.1) is 0 Å². The van der Waals surface area contributed by atoms with Crippen LogP contribution in [0.3, 0.4) is 0 Å². The normalized spacial score (nSPS) is 26.4. The van der Waals surface area contributed by atoms with E-state index in [0.717, 1.165) is 25.6 Å². The fourth-order valence-corrected chi connectivity index (χ4v) is 3.16. The number of amides is 1. The van der Waals surface area contributed by atoms with E-state index >= 15 is 0 Å². The van der Waals surface area contributed by atoms with Crippen molar-refractivity contribution in [2.45, 2.75) is 77.0 Å². The molecular weight excluding hydrogens is 240 g/mol. The lowest BCUT2D eigenvalue weighted by atomic mass is 9.94. The predicted octanol–water partition coefficient (Wildman–Crippen LogP) is 2.92. The van der Waals surface area contributed by atoms with Crippen LogP contribution in [0, 0.1) is 0 Å². The first kappa shape index (κ1) is 14.6. The Morgan fingerprint density at radius 3 is 2.47 bits per heavy atom. The Bertz CT molecular complexity index is 306. The number of nitrogens with one attached hydrogen (secondary N) is 1. The van der Waals surface area contributed by atoms with E-state index in [1.807, 2.05) is 20.8 Å². The molecule has 1 N–H and O–H groups in total. The second-order valence-electron chi connectivity index (χ2n) is 6.92. The summed E-state index contributed by atoms with van der Waals surface area (Å²) < 4.78 is 5.31. The van der Waals surface area contributed by atoms with Gasteiger partial charge >= 0.3 is 6.09 Å². The second-order valence-corrected chi connectivity index (χ2v) is 6.92. The van der Waals surface area contributed by atoms with Gasteiger partial charge < -0.3 is 10.1 Å². The van der Waals surface area contributed by atoms with Crippen LogP contribution in [-0.2, 0) is 4.74 Å². The molecule has 0 aromatic heterocycles. The first-order valence-electron chi connectivity index (χ1n) is 7.67. The van der Waals surface area contributed by atoms with Crippen molar-refractivity contribution >= 4 is 6.09 Å². The number of alkyl carbamates (subject to hydrolysis) is 1. The zero-order chi connectivity index (χ0) is 13.9. The summed E-state index contributed by atoms with van der Waals surface area (Å²) >= 11 is 0. The van der Waals surface area contributed by atoms with Crippen molar-refractivity contribution in [3.8, 4) is 0 Å². The first-order chi connectivity index (χ1) is 8.94. The molecule has 2 fully saturated rings. The summed E-state index contributed by atoms with van der Waals surface area (Å²) in [5.41, 5.74) is -0.411. The van der Waals surface area contributed by atoms with Gasteiger partial charge in [0.25, 0.3) is 0 Å². The zero-order valence-electron chi connectivity index (χ0n) is 12.6. The number of hydrogen-bond acceptors (Lipinski definition) is 3. The van der Waals surface area contributed by atoms with Crippen molar-refractivity contribution in [2.24, 2.45) is 0 Å². The highest BCUT2D eigenvalue weighted by atomic mass is 16.6. The topological polar surface area (TPSA) is 41.6 Å². The first-order valence-corrected chi connectivity index (χ1v) is 7.67. The molecule has 110 valence electrons. The fraction of sp³-hybridized carbons (Fsp3) is 0.933. The Balaban J connectivity index is 1.74. The van der Waals surface area contributed by atoms with Crippen LogP contribution in [0.25, 0.3) is 0 Å². The molecule has 1 aliphatic carbocycles. The third-order valence-corrected chi connectivity index (χ3v) is 4.03. The molecule has 0 unspecified atom stereocenters. The average molecular weight is 268 g/mol. The molecule has 2 rings (SSSR count). The fourth-order valence-electron chi connectivity index (χ4n) is 3.16. The van der Waals surface area contributed by atoms with Gasteiger partial charge in [-0.1, -0.05) is 19.3 Å². The highest BCUT2D eigenvalue weighted by molar-refractivity contribution is 5.68. The number of likely N-dealkylation sites (tertiary alicyclic amines) is 1. The van der Waals surface area contributed by atoms with Crippen LogP contribution in [0.15, 0.2) is 0 Å². The van der Waals surface area contributed by atoms with Crippen LogP contribution >= 0.6 is 0 Å². The maximum Gasteiger partial charge on any atom is 0.407 e. The lowest BCUT2D eigenvalue weighted by Crippen LogP contribution is -2.42. The van der Waals surface area contributed by atoms with E-state index in [0.29, 0.717) is 0 Å². The molecule has 1 saturated carbocycles. The summed E-state index contributed by atoms with van der Waals surface area (Å²) in [5, 5.41) is 3.00. The minimum Gasteiger partial charge on any atom is -0.444 e. The van der Waals surface area contributed by atoms with E-state index in [1.165, 1.54) is 32.1 Å². The highest BCUT2D eigenvalue weighted by Gasteiger charge is 2.30. The van der Waals surface area contributed by atoms with E-state index in [1.54, 1.807) is 0 Å². The molecule has 0 bridgehead atoms. The number of ether oxygens (including phenoxy) is 1. The minimum atomic E-state index is -0.411. The lowest BCUT2D eigenvalue weighted by molar-refractivity contribution is 0.0503. The van der Waals surface area contributed by atoms with Crippen LogP contribution < -0.4 is 5.32 Å². The number of nitrogens with zero attached hydrogens (tertiary/aromatic N) is 1. The molecule has 1 aliphatic heterocycles. The van der Waals surface area contributed by atoms with Gasteiger partial charge in [0.05, 0.1) is 0 Å². The summed E-state index contributed by atoms with van der Waals surface area (Å²) in [5.74, 6) is 0. The second kappa shape index (κ2) is 6.12. The highest BCUT2D eigenvalue weighted by Crippen LogP contribution is 2.25. The van der Waals surface area contributed by atoms with Crippen molar-refractivity contribution in [3.63, 3.8) is 0 Å². The molecular formula is C15H28N2O2. The molecule has 0 aromatic rings. The molecule has 1 heterocycles. The molecule has 4 heteroatoms. The third-order valence-electron chi connectivity index (χ3n) is 4.03. The van der Waals surface area contributed by atoms with Gasteiger partial charge in [-0.3, -0.25) is 4.90 Å². The maximum absolute atomic E-state index is 11.7. The number of carbonyl (C=O) groups excluding carboxylic acids is 1. The van der Waals surface area contributed by atoms with Crippen LogP contribution in [0.5, 0.6) is 0 Å². The van der Waals surface area contributed by atoms with Crippen molar-refractivity contribution in [3.05, 3.63) is 0 Å². The van der Waals surface area contributed by atoms with Crippen molar-refractivity contribution in [1.82, 2.24) is 10.2 Å². The van der Waals surface area contributed by atoms with Gasteiger partial charge in [0, 0.05) is 25.2 Å². The Hall–Kier alpha value is -0.770. The van der Waals surface area contributed by atoms with E-state index in [2.05, 4.69) is 10.2 Å². The molecule has 1 amide bonds. The molecule has 19 heavy (non-hydrogen) atoms. The van der Waals surface area contributed by atoms with E-state index in [9.17, 15) is 4.79 Å². The quantitative estimate of drug-likeness (QED) is 0.837. The summed E-state index contributed by atoms with van der Waals surface area (Å²) in [6.45, 7) is 7.80. The molecule has 2 aliphatic rings. The van der Waals surface area contributed by atoms with Gasteiger partial charge in [-0.2, -0.15) is 0 Å². The molecule has 4 nitrogen and oxygen atoms in total. The summed E-state index contributed by atoms with van der Waals surface area (Å²) in [4.78, 5) is 14.3. The summed E-state index contributed by atoms with van der Waals surface area (Å²) in [7, 11) is 0. The average Bonchev–Trinajstić information content (AvgIpc) is 2.76. The Morgan fingerprint density at radius 2 is 1.84 bits per heavy atom. The van der Waals surface area contributed by atoms with Crippen molar-refractivity contribution in [1.29, 1.82) is 0 Å². The Kier molecular flexibility index (Phi) is 4.71. The maximum atomic E-state index is 11.7. The smallest absolute Gasteiger partial charge is 0.407 e. The lowest BCUT2D eigenvalue weighted by Gasteiger charge is -2.31. The molecule has 1 saturated heterocycles. The number of rotatable bonds is 2. The molecule has 0 spiro atoms. The number of carbonyl (C=O) groups is 1. The van der Waals surface area contributed by atoms with Crippen molar-refractivity contribution < 1.29 is 9.53 Å². The van der Waals surface area contributed by atoms with Gasteiger partial charge in [-0.25, -0.2) is 4.79 Å². The van der Waals surface area contributed by atoms with Crippen LogP contribution in [-0.4, -0.2) is 41.8 Å². The van der Waals surface area contributed by atoms with E-state index in [4.69, 9.17) is 4.74 Å². The van der Waals surface area contributed by atoms with Crippen LogP contribution in [0.1, 0.15) is 59.3 Å². The Labute approximate surface area is 116 Å². The zero-order valence-corrected chi connectivity index (χ0v) is 12.6. The van der Waals surface area contributed by atoms with Crippen LogP contribution in [0.2, 0.25) is 0 Å². The SMILES string of the molecule is CC(C)(C)OC(=O)N[C@H]1CCN(C2CCCCC2)C1. The molecule has 0 radical (unpaired) electrons. The minimum absolute atomic E-state index is 0.261. The summed E-state index contributed by atoms with van der Waals surface area (Å²) in [6, 6.07) is 1.01. The van der Waals surface area contributed by atoms with Gasteiger partial charge in [0.2, 0.25) is 0 Å². The van der Waals surface area contributed by atoms with Gasteiger partial charge in [0.15, 0.2) is 0 Å². The predicted molar refractivity (Wildman–Crippen MR) is 76.2 cm³/mol. The summed E-state index contributed by atoms with van der Waals surface area (Å²) in [6.07, 6.45) is 7.57. The largest absolute Gasteiger partial charge is 0.444 e. The van der Waals surface area contributed by atoms with Gasteiger partial charge in [-0.05, 0) is 40.0 Å². The molecule has 0 aromatic carbocycles. The standard InChI is InChI=1S/C15H28N2O2/c1-15(2,3)19-14(18)16-12-9-10-17(11-12)13-7-5-4-6-8-13/h12-13H,4-11H2,1-3H3,(H,16,18)/t12-/m0/s1. The van der Waals surface area contributed by atoms with Crippen LogP contribution in [0.4, 0.5) is 4.79 Å². The molecule has 1 atom stereocenters. The number of hydrogen-bond donors (Lipinski definition) is 1. The van der Waals surface area contributed by atoms with E-state index in [-0.39, 0.29) is 12.1 Å². The van der Waals surface area contributed by atoms with E-state index < -0.39 is 5.60 Å². The monoisotopic (exact) mass is 268 g/mol. The van der Waals surface area contributed by atoms with Gasteiger partial charge in [0.1, 0.15) is 5.60 Å². The van der Waals surface area contributed by atoms with Crippen molar-refractivity contribution in [2.75, 3.05) is 13.1 Å².